The molecule has 0 unspecified atom stereocenters. The van der Waals surface area contributed by atoms with Crippen LogP contribution >= 0.6 is 0 Å². The molecule has 7 aromatic rings. The van der Waals surface area contributed by atoms with Crippen LogP contribution in [0, 0.1) is 0 Å². The highest BCUT2D eigenvalue weighted by molar-refractivity contribution is 6.09. The first-order valence-corrected chi connectivity index (χ1v) is 19.2. The topological polar surface area (TPSA) is 55.1 Å². The molecule has 5 nitrogen and oxygen atoms in total. The molecule has 0 saturated heterocycles. The number of fused-ring (bicyclic) bond motifs is 3. The molecule has 2 aliphatic heterocycles. The average Bonchev–Trinajstić information content (AvgIpc) is 3.61. The van der Waals surface area contributed by atoms with Gasteiger partial charge in [0.15, 0.2) is 5.82 Å². The van der Waals surface area contributed by atoms with Gasteiger partial charge in [0, 0.05) is 46.9 Å². The summed E-state index contributed by atoms with van der Waals surface area (Å²) in [7, 11) is 0. The summed E-state index contributed by atoms with van der Waals surface area (Å²) in [6.07, 6.45) is 17.6. The second kappa shape index (κ2) is 14.2. The minimum absolute atomic E-state index is 0.741. The van der Waals surface area contributed by atoms with Gasteiger partial charge in [-0.05, 0) is 113 Å². The molecule has 0 saturated carbocycles. The molecule has 55 heavy (non-hydrogen) atoms. The molecule has 0 fully saturated rings. The van der Waals surface area contributed by atoms with Crippen molar-refractivity contribution in [3.8, 4) is 28.1 Å². The fourth-order valence-corrected chi connectivity index (χ4v) is 8.17. The number of dihydropyridines is 2. The maximum absolute atomic E-state index is 5.11. The molecule has 1 aliphatic carbocycles. The SMILES string of the molecule is C1=CC(c2ccccc2)=C(c2cc(-c3ccc(-c4cc(C5=CC=NCC5)nc(C5=CCNC=C5)n4)cc3)cc(-n3c4ccccc4c4ccccc43)c2)CC1. The van der Waals surface area contributed by atoms with Crippen LogP contribution in [0.1, 0.15) is 41.9 Å². The minimum Gasteiger partial charge on any atom is -0.387 e. The lowest BCUT2D eigenvalue weighted by Crippen LogP contribution is -2.10. The third-order valence-corrected chi connectivity index (χ3v) is 10.9. The largest absolute Gasteiger partial charge is 0.387 e. The minimum atomic E-state index is 0.741. The van der Waals surface area contributed by atoms with Crippen molar-refractivity contribution in [3.05, 3.63) is 187 Å². The smallest absolute Gasteiger partial charge is 0.160 e. The van der Waals surface area contributed by atoms with Crippen LogP contribution in [0.25, 0.3) is 72.2 Å². The first kappa shape index (κ1) is 32.8. The first-order valence-electron chi connectivity index (χ1n) is 19.2. The van der Waals surface area contributed by atoms with Crippen LogP contribution in [-0.4, -0.2) is 33.8 Å². The van der Waals surface area contributed by atoms with Crippen molar-refractivity contribution in [1.82, 2.24) is 19.9 Å². The number of nitrogens with zero attached hydrogens (tertiary/aromatic N) is 4. The molecular weight excluding hydrogens is 671 g/mol. The fourth-order valence-electron chi connectivity index (χ4n) is 8.17. The van der Waals surface area contributed by atoms with Crippen LogP contribution < -0.4 is 5.32 Å². The highest BCUT2D eigenvalue weighted by atomic mass is 15.0. The Morgan fingerprint density at radius 2 is 1.33 bits per heavy atom. The van der Waals surface area contributed by atoms with E-state index in [1.165, 1.54) is 55.2 Å². The van der Waals surface area contributed by atoms with Gasteiger partial charge >= 0.3 is 0 Å². The molecule has 0 radical (unpaired) electrons. The van der Waals surface area contributed by atoms with Crippen LogP contribution in [0.15, 0.2) is 169 Å². The van der Waals surface area contributed by atoms with Gasteiger partial charge in [-0.2, -0.15) is 0 Å². The maximum atomic E-state index is 5.11. The Kier molecular flexibility index (Phi) is 8.45. The number of rotatable bonds is 7. The van der Waals surface area contributed by atoms with Crippen molar-refractivity contribution in [2.24, 2.45) is 4.99 Å². The lowest BCUT2D eigenvalue weighted by Gasteiger charge is -2.20. The summed E-state index contributed by atoms with van der Waals surface area (Å²) >= 11 is 0. The van der Waals surface area contributed by atoms with Gasteiger partial charge < -0.3 is 9.88 Å². The number of para-hydroxylation sites is 2. The van der Waals surface area contributed by atoms with Crippen LogP contribution in [0.2, 0.25) is 0 Å². The Labute approximate surface area is 321 Å². The zero-order valence-electron chi connectivity index (χ0n) is 30.5. The molecule has 2 aromatic heterocycles. The summed E-state index contributed by atoms with van der Waals surface area (Å²) in [5, 5.41) is 5.77. The van der Waals surface area contributed by atoms with E-state index < -0.39 is 0 Å². The van der Waals surface area contributed by atoms with Crippen molar-refractivity contribution >= 4 is 50.3 Å². The van der Waals surface area contributed by atoms with Crippen molar-refractivity contribution in [2.45, 2.75) is 19.3 Å². The Morgan fingerprint density at radius 3 is 2.07 bits per heavy atom. The molecule has 0 bridgehead atoms. The average molecular weight is 710 g/mol. The van der Waals surface area contributed by atoms with E-state index in [2.05, 4.69) is 173 Å². The van der Waals surface area contributed by atoms with Crippen LogP contribution in [0.5, 0.6) is 0 Å². The second-order valence-electron chi connectivity index (χ2n) is 14.3. The lowest BCUT2D eigenvalue weighted by molar-refractivity contribution is 0.965. The van der Waals surface area contributed by atoms with Gasteiger partial charge in [0.25, 0.3) is 0 Å². The number of aliphatic imine (C=N–C) groups is 1. The van der Waals surface area contributed by atoms with Gasteiger partial charge in [0.05, 0.1) is 22.4 Å². The monoisotopic (exact) mass is 709 g/mol. The Hall–Kier alpha value is -6.85. The molecule has 3 aliphatic rings. The van der Waals surface area contributed by atoms with Crippen molar-refractivity contribution in [2.75, 3.05) is 13.1 Å². The summed E-state index contributed by atoms with van der Waals surface area (Å²) in [5.74, 6) is 0.741. The van der Waals surface area contributed by atoms with E-state index in [1.807, 2.05) is 12.4 Å². The summed E-state index contributed by atoms with van der Waals surface area (Å²) in [4.78, 5) is 14.5. The zero-order valence-corrected chi connectivity index (χ0v) is 30.5. The summed E-state index contributed by atoms with van der Waals surface area (Å²) < 4.78 is 2.44. The van der Waals surface area contributed by atoms with Gasteiger partial charge in [0.2, 0.25) is 0 Å². The van der Waals surface area contributed by atoms with E-state index in [-0.39, 0.29) is 0 Å². The van der Waals surface area contributed by atoms with E-state index in [9.17, 15) is 0 Å². The maximum Gasteiger partial charge on any atom is 0.160 e. The quantitative estimate of drug-likeness (QED) is 0.179. The number of hydrogen-bond acceptors (Lipinski definition) is 4. The van der Waals surface area contributed by atoms with Gasteiger partial charge in [-0.3, -0.25) is 4.99 Å². The number of allylic oxidation sites excluding steroid dienone is 7. The normalized spacial score (nSPS) is 15.3. The number of benzene rings is 5. The second-order valence-corrected chi connectivity index (χ2v) is 14.3. The highest BCUT2D eigenvalue weighted by Gasteiger charge is 2.19. The van der Waals surface area contributed by atoms with Gasteiger partial charge in [0.1, 0.15) is 0 Å². The van der Waals surface area contributed by atoms with E-state index >= 15 is 0 Å². The van der Waals surface area contributed by atoms with E-state index in [0.29, 0.717) is 0 Å². The molecule has 10 rings (SSSR count). The van der Waals surface area contributed by atoms with Gasteiger partial charge in [-0.1, -0.05) is 109 Å². The Morgan fingerprint density at radius 1 is 0.600 bits per heavy atom. The van der Waals surface area contributed by atoms with Crippen LogP contribution in [0.3, 0.4) is 0 Å². The number of hydrogen-bond donors (Lipinski definition) is 1. The Bertz CT molecular complexity index is 2740. The molecule has 1 N–H and O–H groups in total. The summed E-state index contributed by atoms with van der Waals surface area (Å²) in [6, 6.07) is 46.5. The van der Waals surface area contributed by atoms with Crippen molar-refractivity contribution in [1.29, 1.82) is 0 Å². The van der Waals surface area contributed by atoms with Crippen LogP contribution in [0.4, 0.5) is 0 Å². The molecule has 0 spiro atoms. The van der Waals surface area contributed by atoms with E-state index in [1.54, 1.807) is 0 Å². The molecule has 264 valence electrons. The predicted molar refractivity (Wildman–Crippen MR) is 230 cm³/mol. The molecule has 0 atom stereocenters. The van der Waals surface area contributed by atoms with E-state index in [4.69, 9.17) is 9.97 Å². The highest BCUT2D eigenvalue weighted by Crippen LogP contribution is 2.40. The van der Waals surface area contributed by atoms with Crippen molar-refractivity contribution < 1.29 is 0 Å². The third-order valence-electron chi connectivity index (χ3n) is 10.9. The zero-order chi connectivity index (χ0) is 36.6. The predicted octanol–water partition coefficient (Wildman–Crippen LogP) is 11.5. The lowest BCUT2D eigenvalue weighted by atomic mass is 9.86. The molecule has 0 amide bonds. The van der Waals surface area contributed by atoms with Crippen molar-refractivity contribution in [3.63, 3.8) is 0 Å². The number of nitrogens with one attached hydrogen (secondary N) is 1. The van der Waals surface area contributed by atoms with Gasteiger partial charge in [-0.15, -0.1) is 0 Å². The first-order chi connectivity index (χ1) is 27.3. The summed E-state index contributed by atoms with van der Waals surface area (Å²) in [6.45, 7) is 1.53. The molecular formula is C50H39N5. The standard InChI is InChI=1S/C50H39N5/c1-2-10-35(11-3-1)42-12-4-5-13-43(42)40-30-39(31-41(32-40)55-48-16-8-6-14-44(48)45-15-7-9-17-49(45)55)34-18-20-36(21-19-34)46-33-47(37-22-26-51-27-23-37)54-50(53-46)38-24-28-52-29-25-38/h1-4,6-12,14-22,24-26,28,30-33,52H,5,13,23,27,29H2. The third kappa shape index (κ3) is 6.24. The summed E-state index contributed by atoms with van der Waals surface area (Å²) in [5.41, 5.74) is 16.2. The fraction of sp³-hybridized carbons (Fsp3) is 0.100. The molecule has 5 aromatic carbocycles. The molecule has 4 heterocycles. The van der Waals surface area contributed by atoms with E-state index in [0.717, 1.165) is 72.0 Å². The number of aromatic nitrogens is 3. The molecule has 5 heteroatoms. The van der Waals surface area contributed by atoms with Crippen LogP contribution in [-0.2, 0) is 0 Å². The Balaban J connectivity index is 1.13. The van der Waals surface area contributed by atoms with Gasteiger partial charge in [-0.25, -0.2) is 9.97 Å².